The van der Waals surface area contributed by atoms with Crippen molar-refractivity contribution in [3.8, 4) is 0 Å². The van der Waals surface area contributed by atoms with Crippen molar-refractivity contribution in [1.29, 1.82) is 0 Å². The number of nitrogens with zero attached hydrogens (tertiary/aromatic N) is 1. The standard InChI is InChI=1S/C21H45NO4/c1-2-3-4-5-6-7-8-9-10-11-12-13-18-26-20-21(25)19-22(14-16-23)15-17-24/h21,23-25H,2-20H2,1H3/t21-/m0/s1. The lowest BCUT2D eigenvalue weighted by atomic mass is 10.1. The van der Waals surface area contributed by atoms with E-state index in [2.05, 4.69) is 6.92 Å². The molecule has 0 heterocycles. The third-order valence-corrected chi connectivity index (χ3v) is 4.75. The lowest BCUT2D eigenvalue weighted by Gasteiger charge is -2.23. The lowest BCUT2D eigenvalue weighted by molar-refractivity contribution is 0.0103. The zero-order chi connectivity index (χ0) is 19.3. The van der Waals surface area contributed by atoms with Gasteiger partial charge in [-0.05, 0) is 6.42 Å². The minimum atomic E-state index is -0.564. The first-order valence-corrected chi connectivity index (χ1v) is 10.9. The summed E-state index contributed by atoms with van der Waals surface area (Å²) in [6.45, 7) is 4.73. The van der Waals surface area contributed by atoms with Crippen LogP contribution in [0.2, 0.25) is 0 Å². The van der Waals surface area contributed by atoms with Crippen LogP contribution in [0.1, 0.15) is 84.0 Å². The van der Waals surface area contributed by atoms with Gasteiger partial charge in [0.15, 0.2) is 0 Å². The number of hydrogen-bond acceptors (Lipinski definition) is 5. The minimum absolute atomic E-state index is 0.0342. The number of aliphatic hydroxyl groups is 3. The van der Waals surface area contributed by atoms with E-state index in [1.807, 2.05) is 4.90 Å². The highest BCUT2D eigenvalue weighted by Crippen LogP contribution is 2.11. The van der Waals surface area contributed by atoms with Crippen LogP contribution >= 0.6 is 0 Å². The van der Waals surface area contributed by atoms with Gasteiger partial charge >= 0.3 is 0 Å². The fourth-order valence-corrected chi connectivity index (χ4v) is 3.19. The summed E-state index contributed by atoms with van der Waals surface area (Å²) in [7, 11) is 0. The molecule has 26 heavy (non-hydrogen) atoms. The second-order valence-electron chi connectivity index (χ2n) is 7.37. The van der Waals surface area contributed by atoms with Gasteiger partial charge in [-0.3, -0.25) is 4.90 Å². The maximum atomic E-state index is 9.93. The predicted molar refractivity (Wildman–Crippen MR) is 109 cm³/mol. The van der Waals surface area contributed by atoms with E-state index in [-0.39, 0.29) is 13.2 Å². The molecule has 0 unspecified atom stereocenters. The maximum Gasteiger partial charge on any atom is 0.0900 e. The van der Waals surface area contributed by atoms with Gasteiger partial charge in [0.2, 0.25) is 0 Å². The molecule has 0 aliphatic rings. The van der Waals surface area contributed by atoms with E-state index >= 15 is 0 Å². The summed E-state index contributed by atoms with van der Waals surface area (Å²) >= 11 is 0. The predicted octanol–water partition coefficient (Wildman–Crippen LogP) is 3.35. The van der Waals surface area contributed by atoms with E-state index in [1.54, 1.807) is 0 Å². The molecule has 0 rings (SSSR count). The Morgan fingerprint density at radius 1 is 0.731 bits per heavy atom. The van der Waals surface area contributed by atoms with Crippen molar-refractivity contribution >= 4 is 0 Å². The van der Waals surface area contributed by atoms with E-state index in [1.165, 1.54) is 70.6 Å². The second kappa shape index (κ2) is 21.1. The highest BCUT2D eigenvalue weighted by Gasteiger charge is 2.11. The van der Waals surface area contributed by atoms with Crippen LogP contribution in [0.4, 0.5) is 0 Å². The Hall–Kier alpha value is -0.200. The van der Waals surface area contributed by atoms with Gasteiger partial charge in [0, 0.05) is 26.2 Å². The largest absolute Gasteiger partial charge is 0.395 e. The quantitative estimate of drug-likeness (QED) is 0.268. The molecule has 5 nitrogen and oxygen atoms in total. The summed E-state index contributed by atoms with van der Waals surface area (Å²) < 4.78 is 5.54. The van der Waals surface area contributed by atoms with Crippen molar-refractivity contribution in [1.82, 2.24) is 4.90 Å². The number of ether oxygens (including phenoxy) is 1. The molecule has 0 saturated heterocycles. The van der Waals surface area contributed by atoms with Crippen LogP contribution in [0, 0.1) is 0 Å². The Kier molecular flexibility index (Phi) is 20.9. The van der Waals surface area contributed by atoms with E-state index in [0.29, 0.717) is 32.8 Å². The first kappa shape index (κ1) is 25.8. The topological polar surface area (TPSA) is 73.2 Å². The highest BCUT2D eigenvalue weighted by molar-refractivity contribution is 4.64. The summed E-state index contributed by atoms with van der Waals surface area (Å²) in [4.78, 5) is 1.85. The molecule has 1 atom stereocenters. The molecule has 158 valence electrons. The van der Waals surface area contributed by atoms with E-state index < -0.39 is 6.10 Å². The van der Waals surface area contributed by atoms with E-state index in [9.17, 15) is 5.11 Å². The van der Waals surface area contributed by atoms with Crippen LogP contribution in [-0.4, -0.2) is 72.4 Å². The van der Waals surface area contributed by atoms with Crippen LogP contribution in [0.3, 0.4) is 0 Å². The van der Waals surface area contributed by atoms with Crippen molar-refractivity contribution in [3.63, 3.8) is 0 Å². The van der Waals surface area contributed by atoms with Gasteiger partial charge in [0.25, 0.3) is 0 Å². The van der Waals surface area contributed by atoms with Gasteiger partial charge in [0.05, 0.1) is 25.9 Å². The Morgan fingerprint density at radius 3 is 1.65 bits per heavy atom. The third kappa shape index (κ3) is 18.6. The van der Waals surface area contributed by atoms with Crippen LogP contribution in [0.15, 0.2) is 0 Å². The molecule has 0 aromatic heterocycles. The van der Waals surface area contributed by atoms with E-state index in [4.69, 9.17) is 14.9 Å². The Labute approximate surface area is 161 Å². The van der Waals surface area contributed by atoms with Gasteiger partial charge in [-0.15, -0.1) is 0 Å². The van der Waals surface area contributed by atoms with Gasteiger partial charge in [0.1, 0.15) is 0 Å². The molecule has 0 amide bonds. The number of aliphatic hydroxyl groups excluding tert-OH is 3. The Balaban J connectivity index is 3.29. The molecule has 0 aliphatic carbocycles. The summed E-state index contributed by atoms with van der Waals surface area (Å²) in [5.41, 5.74) is 0. The SMILES string of the molecule is CCCCCCCCCCCCCCOC[C@@H](O)CN(CCO)CCO. The highest BCUT2D eigenvalue weighted by atomic mass is 16.5. The summed E-state index contributed by atoms with van der Waals surface area (Å²) in [5.74, 6) is 0. The molecule has 0 aromatic rings. The number of unbranched alkanes of at least 4 members (excludes halogenated alkanes) is 11. The maximum absolute atomic E-state index is 9.93. The molecule has 0 saturated carbocycles. The molecule has 0 spiro atoms. The number of hydrogen-bond donors (Lipinski definition) is 3. The molecular weight excluding hydrogens is 330 g/mol. The first-order valence-electron chi connectivity index (χ1n) is 10.9. The third-order valence-electron chi connectivity index (χ3n) is 4.75. The molecule has 0 fully saturated rings. The average Bonchev–Trinajstić information content (AvgIpc) is 2.62. The van der Waals surface area contributed by atoms with Gasteiger partial charge < -0.3 is 20.1 Å². The molecule has 0 aromatic carbocycles. The Morgan fingerprint density at radius 2 is 1.19 bits per heavy atom. The van der Waals surface area contributed by atoms with Crippen LogP contribution in [0.5, 0.6) is 0 Å². The minimum Gasteiger partial charge on any atom is -0.395 e. The molecule has 5 heteroatoms. The normalized spacial score (nSPS) is 12.8. The van der Waals surface area contributed by atoms with Crippen molar-refractivity contribution in [3.05, 3.63) is 0 Å². The van der Waals surface area contributed by atoms with Gasteiger partial charge in [-0.25, -0.2) is 0 Å². The summed E-state index contributed by atoms with van der Waals surface area (Å²) in [6, 6.07) is 0. The van der Waals surface area contributed by atoms with Crippen LogP contribution in [0.25, 0.3) is 0 Å². The van der Waals surface area contributed by atoms with Crippen LogP contribution < -0.4 is 0 Å². The second-order valence-corrected chi connectivity index (χ2v) is 7.37. The molecular formula is C21H45NO4. The smallest absolute Gasteiger partial charge is 0.0900 e. The van der Waals surface area contributed by atoms with Crippen molar-refractivity contribution in [2.45, 2.75) is 90.1 Å². The zero-order valence-electron chi connectivity index (χ0n) is 17.2. The first-order chi connectivity index (χ1) is 12.7. The zero-order valence-corrected chi connectivity index (χ0v) is 17.2. The van der Waals surface area contributed by atoms with Gasteiger partial charge in [-0.1, -0.05) is 77.6 Å². The van der Waals surface area contributed by atoms with E-state index in [0.717, 1.165) is 6.42 Å². The van der Waals surface area contributed by atoms with Crippen molar-refractivity contribution in [2.75, 3.05) is 46.1 Å². The Bertz CT molecular complexity index is 260. The van der Waals surface area contributed by atoms with Crippen molar-refractivity contribution in [2.24, 2.45) is 0 Å². The molecule has 3 N–H and O–H groups in total. The monoisotopic (exact) mass is 375 g/mol. The molecule has 0 radical (unpaired) electrons. The fraction of sp³-hybridized carbons (Fsp3) is 1.00. The summed E-state index contributed by atoms with van der Waals surface area (Å²) in [6.07, 6.45) is 15.4. The molecule has 0 aliphatic heterocycles. The van der Waals surface area contributed by atoms with Crippen molar-refractivity contribution < 1.29 is 20.1 Å². The fourth-order valence-electron chi connectivity index (χ4n) is 3.19. The van der Waals surface area contributed by atoms with Crippen LogP contribution in [-0.2, 0) is 4.74 Å². The average molecular weight is 376 g/mol. The summed E-state index contributed by atoms with van der Waals surface area (Å²) in [5, 5.41) is 27.8. The number of rotatable bonds is 21. The molecule has 0 bridgehead atoms. The van der Waals surface area contributed by atoms with Gasteiger partial charge in [-0.2, -0.15) is 0 Å². The lowest BCUT2D eigenvalue weighted by Crippen LogP contribution is -2.38.